The summed E-state index contributed by atoms with van der Waals surface area (Å²) in [5.41, 5.74) is 3.96. The molecule has 0 radical (unpaired) electrons. The first-order valence-corrected chi connectivity index (χ1v) is 11.9. The third kappa shape index (κ3) is 6.60. The van der Waals surface area contributed by atoms with E-state index in [4.69, 9.17) is 4.74 Å². The summed E-state index contributed by atoms with van der Waals surface area (Å²) in [5, 5.41) is 14.1. The Bertz CT molecular complexity index is 1380. The lowest BCUT2D eigenvalue weighted by molar-refractivity contribution is -0.132. The standard InChI is InChI=1S/C31H29NO4/c1-22(31(34)35)17-25-18-26(20-30(33)32-16-15-23-9-4-2-5-10-23)27-13-8-14-29(28(27)19-25)36-21-24-11-6-3-7-12-24/h2-14,17-19H,15-16,20-21H2,1H3,(H,32,33)(H,34,35)/b22-17+. The van der Waals surface area contributed by atoms with Gasteiger partial charge in [0.15, 0.2) is 0 Å². The number of ether oxygens (including phenoxy) is 1. The summed E-state index contributed by atoms with van der Waals surface area (Å²) in [5.74, 6) is -0.381. The van der Waals surface area contributed by atoms with Crippen LogP contribution in [0.3, 0.4) is 0 Å². The highest BCUT2D eigenvalue weighted by atomic mass is 16.5. The van der Waals surface area contributed by atoms with Gasteiger partial charge in [-0.3, -0.25) is 4.79 Å². The molecular formula is C31H29NO4. The lowest BCUT2D eigenvalue weighted by Crippen LogP contribution is -2.27. The number of benzene rings is 4. The summed E-state index contributed by atoms with van der Waals surface area (Å²) in [6.07, 6.45) is 2.55. The number of carbonyl (C=O) groups is 2. The second kappa shape index (κ2) is 11.8. The first kappa shape index (κ1) is 24.7. The number of hydrogen-bond acceptors (Lipinski definition) is 3. The van der Waals surface area contributed by atoms with Crippen molar-refractivity contribution in [3.63, 3.8) is 0 Å². The van der Waals surface area contributed by atoms with Crippen LogP contribution in [0.15, 0.2) is 96.6 Å². The van der Waals surface area contributed by atoms with Gasteiger partial charge in [0.2, 0.25) is 5.91 Å². The highest BCUT2D eigenvalue weighted by molar-refractivity contribution is 5.97. The van der Waals surface area contributed by atoms with Crippen LogP contribution in [0.25, 0.3) is 16.8 Å². The molecule has 0 bridgehead atoms. The summed E-state index contributed by atoms with van der Waals surface area (Å²) in [6, 6.07) is 29.5. The van der Waals surface area contributed by atoms with Crippen molar-refractivity contribution in [1.29, 1.82) is 0 Å². The van der Waals surface area contributed by atoms with E-state index in [1.165, 1.54) is 5.56 Å². The highest BCUT2D eigenvalue weighted by Gasteiger charge is 2.13. The molecule has 4 aromatic carbocycles. The van der Waals surface area contributed by atoms with Crippen molar-refractivity contribution in [3.8, 4) is 5.75 Å². The Hall–Kier alpha value is -4.38. The maximum absolute atomic E-state index is 12.8. The zero-order chi connectivity index (χ0) is 25.3. The van der Waals surface area contributed by atoms with Gasteiger partial charge in [0.05, 0.1) is 6.42 Å². The minimum atomic E-state index is -0.982. The molecule has 5 nitrogen and oxygen atoms in total. The number of carboxylic acids is 1. The van der Waals surface area contributed by atoms with Crippen LogP contribution >= 0.6 is 0 Å². The Balaban J connectivity index is 1.60. The average Bonchev–Trinajstić information content (AvgIpc) is 2.88. The molecule has 5 heteroatoms. The van der Waals surface area contributed by atoms with Crippen LogP contribution in [-0.2, 0) is 29.0 Å². The molecule has 0 unspecified atom stereocenters. The van der Waals surface area contributed by atoms with Crippen LogP contribution in [-0.4, -0.2) is 23.5 Å². The van der Waals surface area contributed by atoms with Gasteiger partial charge in [-0.1, -0.05) is 78.9 Å². The first-order chi connectivity index (χ1) is 17.5. The van der Waals surface area contributed by atoms with Crippen molar-refractivity contribution in [2.75, 3.05) is 6.54 Å². The molecule has 4 aromatic rings. The van der Waals surface area contributed by atoms with Gasteiger partial charge in [-0.2, -0.15) is 0 Å². The van der Waals surface area contributed by atoms with E-state index in [0.717, 1.165) is 28.3 Å². The van der Waals surface area contributed by atoms with Gasteiger partial charge < -0.3 is 15.2 Å². The van der Waals surface area contributed by atoms with Crippen LogP contribution in [0.1, 0.15) is 29.2 Å². The third-order valence-corrected chi connectivity index (χ3v) is 5.95. The zero-order valence-corrected chi connectivity index (χ0v) is 20.2. The van der Waals surface area contributed by atoms with Crippen LogP contribution < -0.4 is 10.1 Å². The minimum absolute atomic E-state index is 0.0843. The zero-order valence-electron chi connectivity index (χ0n) is 20.2. The van der Waals surface area contributed by atoms with Crippen molar-refractivity contribution >= 4 is 28.7 Å². The molecule has 0 atom stereocenters. The number of amides is 1. The summed E-state index contributed by atoms with van der Waals surface area (Å²) in [6.45, 7) is 2.51. The van der Waals surface area contributed by atoms with E-state index in [0.29, 0.717) is 24.5 Å². The average molecular weight is 480 g/mol. The second-order valence-electron chi connectivity index (χ2n) is 8.70. The van der Waals surface area contributed by atoms with E-state index in [9.17, 15) is 14.7 Å². The van der Waals surface area contributed by atoms with Gasteiger partial charge in [-0.15, -0.1) is 0 Å². The Morgan fingerprint density at radius 3 is 2.25 bits per heavy atom. The molecule has 1 amide bonds. The van der Waals surface area contributed by atoms with E-state index in [-0.39, 0.29) is 17.9 Å². The molecule has 4 rings (SSSR count). The molecule has 0 heterocycles. The molecule has 0 aliphatic carbocycles. The van der Waals surface area contributed by atoms with Crippen LogP contribution in [0.4, 0.5) is 0 Å². The van der Waals surface area contributed by atoms with Gasteiger partial charge in [0.25, 0.3) is 0 Å². The minimum Gasteiger partial charge on any atom is -0.488 e. The summed E-state index contributed by atoms with van der Waals surface area (Å²) in [7, 11) is 0. The van der Waals surface area contributed by atoms with Crippen molar-refractivity contribution in [2.24, 2.45) is 0 Å². The van der Waals surface area contributed by atoms with Gasteiger partial charge in [-0.25, -0.2) is 4.79 Å². The highest BCUT2D eigenvalue weighted by Crippen LogP contribution is 2.31. The molecule has 0 aliphatic rings. The number of carbonyl (C=O) groups excluding carboxylic acids is 1. The van der Waals surface area contributed by atoms with Crippen molar-refractivity contribution < 1.29 is 19.4 Å². The number of carboxylic acid groups (broad SMARTS) is 1. The fourth-order valence-corrected chi connectivity index (χ4v) is 4.09. The number of aliphatic carboxylic acids is 1. The summed E-state index contributed by atoms with van der Waals surface area (Å²) in [4.78, 5) is 24.3. The monoisotopic (exact) mass is 479 g/mol. The lowest BCUT2D eigenvalue weighted by Gasteiger charge is -2.14. The quantitative estimate of drug-likeness (QED) is 0.282. The predicted octanol–water partition coefficient (Wildman–Crippen LogP) is 5.81. The molecule has 0 aliphatic heterocycles. The first-order valence-electron chi connectivity index (χ1n) is 11.9. The van der Waals surface area contributed by atoms with E-state index >= 15 is 0 Å². The molecule has 0 saturated carbocycles. The molecular weight excluding hydrogens is 450 g/mol. The maximum Gasteiger partial charge on any atom is 0.331 e. The summed E-state index contributed by atoms with van der Waals surface area (Å²) >= 11 is 0. The Morgan fingerprint density at radius 1 is 0.861 bits per heavy atom. The van der Waals surface area contributed by atoms with Gasteiger partial charge in [0.1, 0.15) is 12.4 Å². The Morgan fingerprint density at radius 2 is 1.56 bits per heavy atom. The largest absolute Gasteiger partial charge is 0.488 e. The molecule has 0 saturated heterocycles. The van der Waals surface area contributed by atoms with Crippen molar-refractivity contribution in [1.82, 2.24) is 5.32 Å². The third-order valence-electron chi connectivity index (χ3n) is 5.95. The molecule has 2 N–H and O–H groups in total. The summed E-state index contributed by atoms with van der Waals surface area (Å²) < 4.78 is 6.15. The Labute approximate surface area is 211 Å². The number of nitrogens with one attached hydrogen (secondary N) is 1. The van der Waals surface area contributed by atoms with E-state index in [1.54, 1.807) is 13.0 Å². The van der Waals surface area contributed by atoms with Crippen LogP contribution in [0.5, 0.6) is 5.75 Å². The normalized spacial score (nSPS) is 11.3. The number of rotatable bonds is 10. The lowest BCUT2D eigenvalue weighted by atomic mass is 9.97. The molecule has 0 fully saturated rings. The van der Waals surface area contributed by atoms with E-state index in [1.807, 2.05) is 91.0 Å². The molecule has 0 spiro atoms. The predicted molar refractivity (Wildman–Crippen MR) is 143 cm³/mol. The molecule has 0 aromatic heterocycles. The second-order valence-corrected chi connectivity index (χ2v) is 8.70. The molecule has 182 valence electrons. The van der Waals surface area contributed by atoms with Gasteiger partial charge in [-0.05, 0) is 59.2 Å². The Kier molecular flexibility index (Phi) is 8.14. The molecule has 36 heavy (non-hydrogen) atoms. The fraction of sp³-hybridized carbons (Fsp3) is 0.161. The topological polar surface area (TPSA) is 75.6 Å². The maximum atomic E-state index is 12.8. The fourth-order valence-electron chi connectivity index (χ4n) is 4.09. The smallest absolute Gasteiger partial charge is 0.331 e. The number of fused-ring (bicyclic) bond motifs is 1. The van der Waals surface area contributed by atoms with Gasteiger partial charge in [0, 0.05) is 17.5 Å². The van der Waals surface area contributed by atoms with E-state index in [2.05, 4.69) is 5.32 Å². The van der Waals surface area contributed by atoms with Crippen molar-refractivity contribution in [3.05, 3.63) is 119 Å². The van der Waals surface area contributed by atoms with Crippen molar-refractivity contribution in [2.45, 2.75) is 26.4 Å². The van der Waals surface area contributed by atoms with Crippen LogP contribution in [0, 0.1) is 0 Å². The SMILES string of the molecule is C/C(=C\c1cc(CC(=O)NCCc2ccccc2)c2cccc(OCc3ccccc3)c2c1)C(=O)O. The number of hydrogen-bond donors (Lipinski definition) is 2. The van der Waals surface area contributed by atoms with Crippen LogP contribution in [0.2, 0.25) is 0 Å². The van der Waals surface area contributed by atoms with Gasteiger partial charge >= 0.3 is 5.97 Å². The van der Waals surface area contributed by atoms with E-state index < -0.39 is 5.97 Å².